The summed E-state index contributed by atoms with van der Waals surface area (Å²) >= 11 is 0. The molecule has 0 spiro atoms. The minimum Gasteiger partial charge on any atom is -0.475 e. The van der Waals surface area contributed by atoms with Crippen molar-refractivity contribution in [2.45, 2.75) is 25.4 Å². The fourth-order valence-electron chi connectivity index (χ4n) is 4.09. The Labute approximate surface area is 180 Å². The average molecular weight is 419 g/mol. The predicted molar refractivity (Wildman–Crippen MR) is 116 cm³/mol. The zero-order valence-corrected chi connectivity index (χ0v) is 17.5. The number of para-hydroxylation sites is 1. The van der Waals surface area contributed by atoms with Crippen molar-refractivity contribution in [3.05, 3.63) is 60.2 Å². The lowest BCUT2D eigenvalue weighted by Crippen LogP contribution is -2.22. The zero-order valence-electron chi connectivity index (χ0n) is 17.5. The van der Waals surface area contributed by atoms with Crippen LogP contribution in [-0.2, 0) is 11.3 Å². The Bertz CT molecular complexity index is 1140. The summed E-state index contributed by atoms with van der Waals surface area (Å²) in [5.74, 6) is 1.75. The number of likely N-dealkylation sites (tertiary alicyclic amines) is 1. The summed E-state index contributed by atoms with van der Waals surface area (Å²) in [5, 5.41) is 5.46. The van der Waals surface area contributed by atoms with Crippen molar-refractivity contribution in [1.82, 2.24) is 25.0 Å². The number of nitrogens with one attached hydrogen (secondary N) is 1. The quantitative estimate of drug-likeness (QED) is 0.432. The Kier molecular flexibility index (Phi) is 5.64. The van der Waals surface area contributed by atoms with Gasteiger partial charge in [-0.15, -0.1) is 0 Å². The fraction of sp³-hybridized carbons (Fsp3) is 0.348. The smallest absolute Gasteiger partial charge is 0.244 e. The highest BCUT2D eigenvalue weighted by atomic mass is 16.5. The monoisotopic (exact) mass is 419 g/mol. The van der Waals surface area contributed by atoms with Crippen LogP contribution in [0.3, 0.4) is 0 Å². The number of nitrogens with zero attached hydrogens (tertiary/aromatic N) is 4. The molecule has 1 N–H and O–H groups in total. The van der Waals surface area contributed by atoms with Crippen LogP contribution in [0.4, 0.5) is 0 Å². The van der Waals surface area contributed by atoms with Gasteiger partial charge in [0.25, 0.3) is 0 Å². The van der Waals surface area contributed by atoms with Gasteiger partial charge in [0.1, 0.15) is 6.61 Å². The molecule has 1 saturated heterocycles. The van der Waals surface area contributed by atoms with E-state index in [0.29, 0.717) is 30.8 Å². The van der Waals surface area contributed by atoms with E-state index in [1.165, 1.54) is 10.9 Å². The van der Waals surface area contributed by atoms with Gasteiger partial charge >= 0.3 is 0 Å². The third-order valence-electron chi connectivity index (χ3n) is 5.67. The Morgan fingerprint density at radius 2 is 2.13 bits per heavy atom. The van der Waals surface area contributed by atoms with Gasteiger partial charge in [0, 0.05) is 48.6 Å². The van der Waals surface area contributed by atoms with Crippen molar-refractivity contribution < 1.29 is 14.0 Å². The topological polar surface area (TPSA) is 89.3 Å². The lowest BCUT2D eigenvalue weighted by Gasteiger charge is -2.21. The van der Waals surface area contributed by atoms with Gasteiger partial charge in [0.05, 0.1) is 12.6 Å². The Morgan fingerprint density at radius 1 is 1.19 bits per heavy atom. The normalized spacial score (nSPS) is 16.9. The number of pyridine rings is 1. The second-order valence-electron chi connectivity index (χ2n) is 7.67. The van der Waals surface area contributed by atoms with E-state index in [9.17, 15) is 0 Å². The Morgan fingerprint density at radius 3 is 3.00 bits per heavy atom. The van der Waals surface area contributed by atoms with Crippen molar-refractivity contribution in [3.63, 3.8) is 0 Å². The van der Waals surface area contributed by atoms with E-state index in [1.54, 1.807) is 19.4 Å². The number of hydrogen-bond donors (Lipinski definition) is 1. The molecule has 5 rings (SSSR count). The van der Waals surface area contributed by atoms with Gasteiger partial charge in [-0.05, 0) is 37.1 Å². The second-order valence-corrected chi connectivity index (χ2v) is 7.67. The van der Waals surface area contributed by atoms with Crippen LogP contribution in [0, 0.1) is 0 Å². The second kappa shape index (κ2) is 8.87. The minimum absolute atomic E-state index is 0.125. The Hall–Kier alpha value is -3.23. The van der Waals surface area contributed by atoms with Gasteiger partial charge in [-0.25, -0.2) is 4.98 Å². The summed E-state index contributed by atoms with van der Waals surface area (Å²) in [6, 6.07) is 12.2. The van der Waals surface area contributed by atoms with E-state index < -0.39 is 0 Å². The standard InChI is InChI=1S/C23H25N5O3/c1-29-11-12-30-21-9-8-16(13-25-21)22-26-23(31-27-22)20-7-4-10-28(20)15-17-14-24-19-6-3-2-5-18(17)19/h2-3,5-6,8-9,13-14,20,24H,4,7,10-12,15H2,1H3. The molecule has 0 aliphatic carbocycles. The van der Waals surface area contributed by atoms with Gasteiger partial charge in [0.2, 0.25) is 17.6 Å². The molecule has 4 heterocycles. The molecule has 1 aromatic carbocycles. The highest BCUT2D eigenvalue weighted by Gasteiger charge is 2.31. The van der Waals surface area contributed by atoms with E-state index in [1.807, 2.05) is 12.1 Å². The molecule has 0 saturated carbocycles. The Balaban J connectivity index is 1.29. The van der Waals surface area contributed by atoms with Crippen LogP contribution in [0.2, 0.25) is 0 Å². The van der Waals surface area contributed by atoms with Gasteiger partial charge < -0.3 is 19.0 Å². The molecule has 4 aromatic rings. The van der Waals surface area contributed by atoms with Crippen LogP contribution in [0.1, 0.15) is 30.3 Å². The summed E-state index contributed by atoms with van der Waals surface area (Å²) in [6.07, 6.45) is 5.92. The van der Waals surface area contributed by atoms with E-state index >= 15 is 0 Å². The van der Waals surface area contributed by atoms with Crippen LogP contribution in [0.15, 0.2) is 53.3 Å². The number of H-pyrrole nitrogens is 1. The van der Waals surface area contributed by atoms with Crippen LogP contribution in [-0.4, -0.2) is 51.9 Å². The summed E-state index contributed by atoms with van der Waals surface area (Å²) in [4.78, 5) is 14.8. The largest absolute Gasteiger partial charge is 0.475 e. The summed E-state index contributed by atoms with van der Waals surface area (Å²) < 4.78 is 16.2. The van der Waals surface area contributed by atoms with Crippen molar-refractivity contribution >= 4 is 10.9 Å². The first-order valence-corrected chi connectivity index (χ1v) is 10.5. The highest BCUT2D eigenvalue weighted by molar-refractivity contribution is 5.82. The number of aromatic nitrogens is 4. The maximum absolute atomic E-state index is 5.66. The molecular weight excluding hydrogens is 394 g/mol. The number of benzene rings is 1. The molecule has 0 amide bonds. The molecular formula is C23H25N5O3. The van der Waals surface area contributed by atoms with Crippen molar-refractivity contribution in [2.75, 3.05) is 26.9 Å². The molecule has 1 fully saturated rings. The van der Waals surface area contributed by atoms with Crippen molar-refractivity contribution in [1.29, 1.82) is 0 Å². The molecule has 1 aliphatic heterocycles. The van der Waals surface area contributed by atoms with E-state index in [4.69, 9.17) is 14.0 Å². The summed E-state index contributed by atoms with van der Waals surface area (Å²) in [6.45, 7) is 2.84. The van der Waals surface area contributed by atoms with E-state index in [2.05, 4.69) is 49.4 Å². The number of ether oxygens (including phenoxy) is 2. The first-order chi connectivity index (χ1) is 15.3. The molecule has 0 radical (unpaired) electrons. The molecule has 1 aliphatic rings. The SMILES string of the molecule is COCCOc1ccc(-c2noc(C3CCCN3Cc3c[nH]c4ccccc34)n2)cn1. The lowest BCUT2D eigenvalue weighted by atomic mass is 10.1. The number of aromatic amines is 1. The van der Waals surface area contributed by atoms with Crippen LogP contribution < -0.4 is 4.74 Å². The van der Waals surface area contributed by atoms with Gasteiger partial charge in [-0.3, -0.25) is 4.90 Å². The average Bonchev–Trinajstić information content (AvgIpc) is 3.55. The molecule has 31 heavy (non-hydrogen) atoms. The number of methoxy groups -OCH3 is 1. The van der Waals surface area contributed by atoms with Crippen molar-refractivity contribution in [2.24, 2.45) is 0 Å². The molecule has 1 unspecified atom stereocenters. The molecule has 3 aromatic heterocycles. The molecule has 1 atom stereocenters. The molecule has 0 bridgehead atoms. The summed E-state index contributed by atoms with van der Waals surface area (Å²) in [5.41, 5.74) is 3.25. The van der Waals surface area contributed by atoms with E-state index in [-0.39, 0.29) is 6.04 Å². The number of hydrogen-bond acceptors (Lipinski definition) is 7. The maximum Gasteiger partial charge on any atom is 0.244 e. The first-order valence-electron chi connectivity index (χ1n) is 10.5. The van der Waals surface area contributed by atoms with Gasteiger partial charge in [0.15, 0.2) is 0 Å². The number of fused-ring (bicyclic) bond motifs is 1. The van der Waals surface area contributed by atoms with Gasteiger partial charge in [-0.1, -0.05) is 23.4 Å². The van der Waals surface area contributed by atoms with Crippen LogP contribution in [0.25, 0.3) is 22.3 Å². The van der Waals surface area contributed by atoms with Crippen molar-refractivity contribution in [3.8, 4) is 17.3 Å². The maximum atomic E-state index is 5.66. The lowest BCUT2D eigenvalue weighted by molar-refractivity contribution is 0.144. The summed E-state index contributed by atoms with van der Waals surface area (Å²) in [7, 11) is 1.64. The molecule has 8 nitrogen and oxygen atoms in total. The van der Waals surface area contributed by atoms with Crippen LogP contribution >= 0.6 is 0 Å². The van der Waals surface area contributed by atoms with E-state index in [0.717, 1.165) is 37.0 Å². The third-order valence-corrected chi connectivity index (χ3v) is 5.67. The minimum atomic E-state index is 0.125. The third kappa shape index (κ3) is 4.17. The van der Waals surface area contributed by atoms with Gasteiger partial charge in [-0.2, -0.15) is 4.98 Å². The fourth-order valence-corrected chi connectivity index (χ4v) is 4.09. The molecule has 160 valence electrons. The van der Waals surface area contributed by atoms with Crippen LogP contribution in [0.5, 0.6) is 5.88 Å². The first kappa shape index (κ1) is 19.7. The molecule has 8 heteroatoms. The number of rotatable bonds is 8. The predicted octanol–water partition coefficient (Wildman–Crippen LogP) is 3.98. The zero-order chi connectivity index (χ0) is 21.0. The highest BCUT2D eigenvalue weighted by Crippen LogP contribution is 2.34.